The van der Waals surface area contributed by atoms with E-state index in [0.717, 1.165) is 10.0 Å². The van der Waals surface area contributed by atoms with Crippen LogP contribution in [0.25, 0.3) is 0 Å². The minimum absolute atomic E-state index is 0.177. The Morgan fingerprint density at radius 1 is 1.07 bits per heavy atom. The third kappa shape index (κ3) is 8.61. The van der Waals surface area contributed by atoms with Crippen LogP contribution >= 0.6 is 15.9 Å². The maximum Gasteiger partial charge on any atom is 0.338 e. The second-order valence-electron chi connectivity index (χ2n) is 9.56. The molecule has 1 heterocycles. The van der Waals surface area contributed by atoms with E-state index in [1.165, 1.54) is 13.3 Å². The van der Waals surface area contributed by atoms with Crippen LogP contribution in [0.3, 0.4) is 0 Å². The average Bonchev–Trinajstić information content (AvgIpc) is 3.03. The third-order valence-electron chi connectivity index (χ3n) is 6.49. The van der Waals surface area contributed by atoms with Crippen molar-refractivity contribution in [3.8, 4) is 23.3 Å². The Labute approximate surface area is 268 Å². The van der Waals surface area contributed by atoms with Gasteiger partial charge in [0.15, 0.2) is 18.1 Å². The van der Waals surface area contributed by atoms with Gasteiger partial charge < -0.3 is 29.6 Å². The van der Waals surface area contributed by atoms with Crippen LogP contribution in [0.4, 0.5) is 4.79 Å². The number of halogens is 1. The number of ether oxygens (including phenoxy) is 4. The Bertz CT molecular complexity index is 1680. The zero-order valence-corrected chi connectivity index (χ0v) is 26.3. The Morgan fingerprint density at radius 3 is 2.53 bits per heavy atom. The van der Waals surface area contributed by atoms with Crippen LogP contribution in [0.15, 0.2) is 81.5 Å². The van der Waals surface area contributed by atoms with Gasteiger partial charge in [0.2, 0.25) is 0 Å². The van der Waals surface area contributed by atoms with Crippen molar-refractivity contribution in [2.24, 2.45) is 5.10 Å². The molecule has 0 saturated heterocycles. The number of hydrogen-bond acceptors (Lipinski definition) is 9. The molecule has 1 atom stereocenters. The molecule has 13 heteroatoms. The zero-order chi connectivity index (χ0) is 32.3. The number of rotatable bonds is 12. The standard InChI is InChI=1S/C32H30BrN5O7/c1-4-43-31(40)29-19(2)36-32(41)37-30(29)22-9-11-26(27(14-22)42-3)45-18-28(39)38-35-16-23-13-24(33)10-12-25(23)44-17-21-7-5-20(15-34)6-8-21/h5-14,16,30H,4,17-18H2,1-3H3,(H,38,39)(H2,36,37,41)/b35-16+/t30-/m1/s1. The van der Waals surface area contributed by atoms with E-state index < -0.39 is 23.9 Å². The minimum Gasteiger partial charge on any atom is -0.493 e. The fraction of sp³-hybridized carbons (Fsp3) is 0.219. The third-order valence-corrected chi connectivity index (χ3v) is 6.98. The predicted molar refractivity (Wildman–Crippen MR) is 168 cm³/mol. The average molecular weight is 677 g/mol. The van der Waals surface area contributed by atoms with Gasteiger partial charge in [0.05, 0.1) is 43.2 Å². The van der Waals surface area contributed by atoms with Crippen LogP contribution in [0.1, 0.15) is 42.1 Å². The lowest BCUT2D eigenvalue weighted by atomic mass is 9.95. The summed E-state index contributed by atoms with van der Waals surface area (Å²) in [6.07, 6.45) is 1.45. The Hall–Kier alpha value is -5.35. The molecule has 0 unspecified atom stereocenters. The van der Waals surface area contributed by atoms with Gasteiger partial charge in [0.1, 0.15) is 12.4 Å². The largest absolute Gasteiger partial charge is 0.493 e. The van der Waals surface area contributed by atoms with E-state index in [2.05, 4.69) is 43.2 Å². The van der Waals surface area contributed by atoms with Crippen molar-refractivity contribution < 1.29 is 33.3 Å². The quantitative estimate of drug-likeness (QED) is 0.142. The van der Waals surface area contributed by atoms with E-state index in [9.17, 15) is 14.4 Å². The molecule has 1 aliphatic rings. The van der Waals surface area contributed by atoms with E-state index in [1.54, 1.807) is 56.3 Å². The number of esters is 1. The summed E-state index contributed by atoms with van der Waals surface area (Å²) in [5.41, 5.74) is 5.69. The maximum absolute atomic E-state index is 12.6. The van der Waals surface area contributed by atoms with E-state index >= 15 is 0 Å². The molecule has 3 aromatic carbocycles. The Kier molecular flexibility index (Phi) is 11.1. The van der Waals surface area contributed by atoms with Gasteiger partial charge in [0, 0.05) is 15.7 Å². The molecule has 0 spiro atoms. The highest BCUT2D eigenvalue weighted by Gasteiger charge is 2.32. The number of benzene rings is 3. The molecule has 1 aliphatic heterocycles. The molecule has 45 heavy (non-hydrogen) atoms. The lowest BCUT2D eigenvalue weighted by Gasteiger charge is -2.28. The first-order chi connectivity index (χ1) is 21.7. The lowest BCUT2D eigenvalue weighted by molar-refractivity contribution is -0.139. The summed E-state index contributed by atoms with van der Waals surface area (Å²) in [5.74, 6) is 0.0148. The molecule has 4 rings (SSSR count). The predicted octanol–water partition coefficient (Wildman–Crippen LogP) is 4.63. The molecule has 3 N–H and O–H groups in total. The van der Waals surface area contributed by atoms with E-state index in [1.807, 2.05) is 18.2 Å². The van der Waals surface area contributed by atoms with Crippen LogP contribution in [0, 0.1) is 11.3 Å². The van der Waals surface area contributed by atoms with Gasteiger partial charge in [-0.1, -0.05) is 34.1 Å². The van der Waals surface area contributed by atoms with Crippen molar-refractivity contribution in [1.29, 1.82) is 5.26 Å². The van der Waals surface area contributed by atoms with Crippen LogP contribution in [-0.4, -0.2) is 44.4 Å². The number of hydrogen-bond donors (Lipinski definition) is 3. The van der Waals surface area contributed by atoms with E-state index in [0.29, 0.717) is 28.1 Å². The van der Waals surface area contributed by atoms with Gasteiger partial charge in [-0.2, -0.15) is 10.4 Å². The number of nitrogens with zero attached hydrogens (tertiary/aromatic N) is 2. The normalized spacial score (nSPS) is 14.2. The molecule has 3 amide bonds. The van der Waals surface area contributed by atoms with Gasteiger partial charge in [0.25, 0.3) is 5.91 Å². The van der Waals surface area contributed by atoms with Crippen molar-refractivity contribution in [3.05, 3.63) is 98.7 Å². The van der Waals surface area contributed by atoms with Crippen molar-refractivity contribution in [3.63, 3.8) is 0 Å². The number of nitrogens with one attached hydrogen (secondary N) is 3. The molecule has 232 valence electrons. The lowest BCUT2D eigenvalue weighted by Crippen LogP contribution is -2.45. The topological polar surface area (TPSA) is 160 Å². The van der Waals surface area contributed by atoms with Crippen molar-refractivity contribution in [2.45, 2.75) is 26.5 Å². The molecule has 0 aromatic heterocycles. The van der Waals surface area contributed by atoms with Gasteiger partial charge in [-0.25, -0.2) is 15.0 Å². The summed E-state index contributed by atoms with van der Waals surface area (Å²) in [6, 6.07) is 18.2. The zero-order valence-electron chi connectivity index (χ0n) is 24.7. The molecule has 12 nitrogen and oxygen atoms in total. The van der Waals surface area contributed by atoms with Crippen LogP contribution in [-0.2, 0) is 20.9 Å². The molecule has 3 aromatic rings. The van der Waals surface area contributed by atoms with Crippen LogP contribution in [0.5, 0.6) is 17.2 Å². The monoisotopic (exact) mass is 675 g/mol. The van der Waals surface area contributed by atoms with Crippen LogP contribution < -0.4 is 30.3 Å². The van der Waals surface area contributed by atoms with Crippen molar-refractivity contribution >= 4 is 40.1 Å². The number of methoxy groups -OCH3 is 1. The van der Waals surface area contributed by atoms with Gasteiger partial charge in [-0.15, -0.1) is 0 Å². The van der Waals surface area contributed by atoms with Gasteiger partial charge in [-0.05, 0) is 67.4 Å². The summed E-state index contributed by atoms with van der Waals surface area (Å²) in [7, 11) is 1.43. The fourth-order valence-electron chi connectivity index (χ4n) is 4.34. The number of allylic oxidation sites excluding steroid dienone is 1. The molecular formula is C32H30BrN5O7. The number of carbonyl (C=O) groups excluding carboxylic acids is 3. The highest BCUT2D eigenvalue weighted by atomic mass is 79.9. The second-order valence-corrected chi connectivity index (χ2v) is 10.5. The molecule has 0 aliphatic carbocycles. The second kappa shape index (κ2) is 15.4. The summed E-state index contributed by atoms with van der Waals surface area (Å²) < 4.78 is 23.0. The maximum atomic E-state index is 12.6. The first-order valence-electron chi connectivity index (χ1n) is 13.7. The summed E-state index contributed by atoms with van der Waals surface area (Å²) in [6.45, 7) is 3.40. The SMILES string of the molecule is CCOC(=O)C1=C(C)NC(=O)N[C@@H]1c1ccc(OCC(=O)N/N=C/c2cc(Br)ccc2OCc2ccc(C#N)cc2)c(OC)c1. The van der Waals surface area contributed by atoms with Gasteiger partial charge >= 0.3 is 12.0 Å². The fourth-order valence-corrected chi connectivity index (χ4v) is 4.72. The van der Waals surface area contributed by atoms with Crippen molar-refractivity contribution in [1.82, 2.24) is 16.1 Å². The first kappa shape index (κ1) is 32.6. The highest BCUT2D eigenvalue weighted by molar-refractivity contribution is 9.10. The summed E-state index contributed by atoms with van der Waals surface area (Å²) >= 11 is 3.43. The van der Waals surface area contributed by atoms with Crippen LogP contribution in [0.2, 0.25) is 0 Å². The molecular weight excluding hydrogens is 646 g/mol. The molecule has 0 saturated carbocycles. The molecule has 0 fully saturated rings. The summed E-state index contributed by atoms with van der Waals surface area (Å²) in [4.78, 5) is 37.3. The van der Waals surface area contributed by atoms with Gasteiger partial charge in [-0.3, -0.25) is 4.79 Å². The highest BCUT2D eigenvalue weighted by Crippen LogP contribution is 2.34. The van der Waals surface area contributed by atoms with E-state index in [-0.39, 0.29) is 36.9 Å². The van der Waals surface area contributed by atoms with Crippen molar-refractivity contribution in [2.75, 3.05) is 20.3 Å². The molecule has 0 bridgehead atoms. The number of urea groups is 1. The Balaban J connectivity index is 1.38. The number of amides is 3. The Morgan fingerprint density at radius 2 is 1.82 bits per heavy atom. The smallest absolute Gasteiger partial charge is 0.338 e. The number of carbonyl (C=O) groups is 3. The number of nitriles is 1. The number of hydrazone groups is 1. The first-order valence-corrected chi connectivity index (χ1v) is 14.5. The van der Waals surface area contributed by atoms with E-state index in [4.69, 9.17) is 24.2 Å². The minimum atomic E-state index is -0.783. The molecule has 0 radical (unpaired) electrons. The summed E-state index contributed by atoms with van der Waals surface area (Å²) in [5, 5.41) is 18.3.